The highest BCUT2D eigenvalue weighted by Crippen LogP contribution is 2.36. The maximum Gasteiger partial charge on any atom is 0.416 e. The van der Waals surface area contributed by atoms with Gasteiger partial charge in [0.15, 0.2) is 0 Å². The number of carbonyl (C=O) groups excluding carboxylic acids is 1. The highest BCUT2D eigenvalue weighted by Gasteiger charge is 2.31. The van der Waals surface area contributed by atoms with Gasteiger partial charge in [-0.3, -0.25) is 0 Å². The zero-order valence-electron chi connectivity index (χ0n) is 17.2. The third-order valence-electron chi connectivity index (χ3n) is 4.33. The molecule has 7 heteroatoms. The lowest BCUT2D eigenvalue weighted by Crippen LogP contribution is -2.34. The molecule has 2 atom stereocenters. The van der Waals surface area contributed by atoms with Crippen LogP contribution in [0.1, 0.15) is 63.4 Å². The maximum absolute atomic E-state index is 13.3. The molecule has 2 aromatic rings. The molecule has 4 nitrogen and oxygen atoms in total. The van der Waals surface area contributed by atoms with Gasteiger partial charge in [0.2, 0.25) is 0 Å². The topological polar surface area (TPSA) is 64.3 Å². The summed E-state index contributed by atoms with van der Waals surface area (Å²) < 4.78 is 45.1. The Bertz CT molecular complexity index is 854. The smallest absolute Gasteiger partial charge is 0.416 e. The molecule has 0 saturated heterocycles. The van der Waals surface area contributed by atoms with Crippen LogP contribution in [-0.4, -0.2) is 11.7 Å². The van der Waals surface area contributed by atoms with E-state index in [9.17, 15) is 18.0 Å². The Morgan fingerprint density at radius 2 is 1.62 bits per heavy atom. The fourth-order valence-corrected chi connectivity index (χ4v) is 2.89. The van der Waals surface area contributed by atoms with Crippen molar-refractivity contribution in [1.82, 2.24) is 5.32 Å². The van der Waals surface area contributed by atoms with E-state index in [4.69, 9.17) is 10.5 Å². The lowest BCUT2D eigenvalue weighted by Gasteiger charge is -2.24. The second-order valence-electron chi connectivity index (χ2n) is 8.08. The van der Waals surface area contributed by atoms with Gasteiger partial charge in [-0.1, -0.05) is 30.3 Å². The molecular weight excluding hydrogens is 381 g/mol. The number of alkyl carbamates (subject to hydrolysis) is 1. The summed E-state index contributed by atoms with van der Waals surface area (Å²) in [4.78, 5) is 12.1. The molecule has 0 saturated carbocycles. The molecule has 2 rings (SSSR count). The Balaban J connectivity index is 2.44. The Hall–Kier alpha value is -2.54. The molecule has 0 aliphatic rings. The van der Waals surface area contributed by atoms with E-state index < -0.39 is 29.5 Å². The first-order valence-electron chi connectivity index (χ1n) is 9.34. The molecular formula is C22H27F3N2O2. The summed E-state index contributed by atoms with van der Waals surface area (Å²) in [7, 11) is 0. The first kappa shape index (κ1) is 22.7. The van der Waals surface area contributed by atoms with E-state index in [0.29, 0.717) is 16.7 Å². The third kappa shape index (κ3) is 6.22. The summed E-state index contributed by atoms with van der Waals surface area (Å²) in [6, 6.07) is 9.81. The summed E-state index contributed by atoms with van der Waals surface area (Å²) in [5.74, 6) is 0. The van der Waals surface area contributed by atoms with Crippen molar-refractivity contribution in [2.75, 3.05) is 0 Å². The molecule has 0 fully saturated rings. The minimum absolute atomic E-state index is 0.183. The van der Waals surface area contributed by atoms with Crippen LogP contribution in [0.3, 0.4) is 0 Å². The van der Waals surface area contributed by atoms with E-state index in [0.717, 1.165) is 17.7 Å². The van der Waals surface area contributed by atoms with Crippen LogP contribution in [0.25, 0.3) is 11.1 Å². The van der Waals surface area contributed by atoms with Gasteiger partial charge in [0, 0.05) is 6.04 Å². The van der Waals surface area contributed by atoms with Gasteiger partial charge < -0.3 is 15.8 Å². The minimum atomic E-state index is -4.47. The highest BCUT2D eigenvalue weighted by molar-refractivity contribution is 5.72. The van der Waals surface area contributed by atoms with Gasteiger partial charge in [0.25, 0.3) is 0 Å². The number of ether oxygens (including phenoxy) is 1. The normalized spacial score (nSPS) is 14.2. The predicted molar refractivity (Wildman–Crippen MR) is 107 cm³/mol. The fraction of sp³-hybridized carbons (Fsp3) is 0.409. The number of benzene rings is 2. The summed E-state index contributed by atoms with van der Waals surface area (Å²) in [5.41, 5.74) is 6.85. The van der Waals surface area contributed by atoms with Crippen LogP contribution in [0.4, 0.5) is 18.0 Å². The monoisotopic (exact) mass is 408 g/mol. The molecule has 0 radical (unpaired) electrons. The number of amides is 1. The van der Waals surface area contributed by atoms with E-state index in [1.54, 1.807) is 52.0 Å². The van der Waals surface area contributed by atoms with E-state index in [-0.39, 0.29) is 6.04 Å². The van der Waals surface area contributed by atoms with Crippen molar-refractivity contribution >= 4 is 6.09 Å². The number of nitrogens with one attached hydrogen (secondary N) is 1. The predicted octanol–water partition coefficient (Wildman–Crippen LogP) is 5.98. The quantitative estimate of drug-likeness (QED) is 0.654. The SMILES string of the molecule is C[C@H](NC(=O)OC(C)(C)C)c1ccc(C(F)(F)F)cc1-c1ccc([C@@H](C)N)cc1. The Kier molecular flexibility index (Phi) is 6.63. The van der Waals surface area contributed by atoms with Crippen molar-refractivity contribution in [2.24, 2.45) is 5.73 Å². The van der Waals surface area contributed by atoms with Gasteiger partial charge >= 0.3 is 12.3 Å². The maximum atomic E-state index is 13.3. The van der Waals surface area contributed by atoms with Crippen LogP contribution in [0.5, 0.6) is 0 Å². The Morgan fingerprint density at radius 1 is 1.03 bits per heavy atom. The van der Waals surface area contributed by atoms with Crippen LogP contribution < -0.4 is 11.1 Å². The molecule has 0 aliphatic heterocycles. The van der Waals surface area contributed by atoms with E-state index >= 15 is 0 Å². The number of nitrogens with two attached hydrogens (primary N) is 1. The summed E-state index contributed by atoms with van der Waals surface area (Å²) in [5, 5.41) is 2.69. The Labute approximate surface area is 169 Å². The summed E-state index contributed by atoms with van der Waals surface area (Å²) in [6.07, 6.45) is -5.11. The number of hydrogen-bond donors (Lipinski definition) is 2. The third-order valence-corrected chi connectivity index (χ3v) is 4.33. The van der Waals surface area contributed by atoms with Crippen LogP contribution in [-0.2, 0) is 10.9 Å². The lowest BCUT2D eigenvalue weighted by molar-refractivity contribution is -0.137. The molecule has 29 heavy (non-hydrogen) atoms. The number of carbonyl (C=O) groups is 1. The number of halogens is 3. The van der Waals surface area contributed by atoms with Gasteiger partial charge in [0.05, 0.1) is 11.6 Å². The number of hydrogen-bond acceptors (Lipinski definition) is 3. The summed E-state index contributed by atoms with van der Waals surface area (Å²) >= 11 is 0. The molecule has 0 aromatic heterocycles. The van der Waals surface area contributed by atoms with Crippen LogP contribution in [0, 0.1) is 0 Å². The van der Waals surface area contributed by atoms with Crippen molar-refractivity contribution in [3.63, 3.8) is 0 Å². The lowest BCUT2D eigenvalue weighted by atomic mass is 9.92. The number of alkyl halides is 3. The molecule has 0 heterocycles. The molecule has 0 unspecified atom stereocenters. The molecule has 158 valence electrons. The van der Waals surface area contributed by atoms with Crippen molar-refractivity contribution in [3.05, 3.63) is 59.2 Å². The first-order chi connectivity index (χ1) is 13.3. The standard InChI is InChI=1S/C22H27F3N2O2/c1-13(26)15-6-8-16(9-7-15)19-12-17(22(23,24)25)10-11-18(19)14(2)27-20(28)29-21(3,4)5/h6-14H,26H2,1-5H3,(H,27,28)/t13-,14+/m1/s1. The Morgan fingerprint density at radius 3 is 2.10 bits per heavy atom. The zero-order valence-corrected chi connectivity index (χ0v) is 17.2. The van der Waals surface area contributed by atoms with Crippen molar-refractivity contribution < 1.29 is 22.7 Å². The van der Waals surface area contributed by atoms with E-state index in [1.807, 2.05) is 6.92 Å². The molecule has 0 bridgehead atoms. The number of rotatable bonds is 4. The average molecular weight is 408 g/mol. The molecule has 3 N–H and O–H groups in total. The largest absolute Gasteiger partial charge is 0.444 e. The molecule has 2 aromatic carbocycles. The second-order valence-corrected chi connectivity index (χ2v) is 8.08. The minimum Gasteiger partial charge on any atom is -0.444 e. The fourth-order valence-electron chi connectivity index (χ4n) is 2.89. The van der Waals surface area contributed by atoms with Gasteiger partial charge in [-0.05, 0) is 69.0 Å². The van der Waals surface area contributed by atoms with E-state index in [1.165, 1.54) is 6.07 Å². The molecule has 0 spiro atoms. The van der Waals surface area contributed by atoms with E-state index in [2.05, 4.69) is 5.32 Å². The molecule has 0 aliphatic carbocycles. The van der Waals surface area contributed by atoms with Crippen LogP contribution in [0.15, 0.2) is 42.5 Å². The van der Waals surface area contributed by atoms with Gasteiger partial charge in [0.1, 0.15) is 5.60 Å². The van der Waals surface area contributed by atoms with Gasteiger partial charge in [-0.25, -0.2) is 4.79 Å². The highest BCUT2D eigenvalue weighted by atomic mass is 19.4. The van der Waals surface area contributed by atoms with Crippen LogP contribution >= 0.6 is 0 Å². The van der Waals surface area contributed by atoms with Crippen molar-refractivity contribution in [1.29, 1.82) is 0 Å². The zero-order chi connectivity index (χ0) is 22.0. The van der Waals surface area contributed by atoms with Gasteiger partial charge in [-0.2, -0.15) is 13.2 Å². The average Bonchev–Trinajstić information content (AvgIpc) is 2.58. The van der Waals surface area contributed by atoms with Crippen molar-refractivity contribution in [2.45, 2.75) is 58.5 Å². The van der Waals surface area contributed by atoms with Crippen molar-refractivity contribution in [3.8, 4) is 11.1 Å². The van der Waals surface area contributed by atoms with Gasteiger partial charge in [-0.15, -0.1) is 0 Å². The second kappa shape index (κ2) is 8.45. The first-order valence-corrected chi connectivity index (χ1v) is 9.34. The summed E-state index contributed by atoms with van der Waals surface area (Å²) in [6.45, 7) is 8.74. The van der Waals surface area contributed by atoms with Crippen LogP contribution in [0.2, 0.25) is 0 Å². The molecule has 1 amide bonds.